The lowest BCUT2D eigenvalue weighted by Crippen LogP contribution is -2.12. The van der Waals surface area contributed by atoms with Crippen LogP contribution in [0.4, 0.5) is 4.39 Å². The topological polar surface area (TPSA) is 26.0 Å². The molecule has 0 aliphatic carbocycles. The van der Waals surface area contributed by atoms with Crippen molar-refractivity contribution in [1.29, 1.82) is 0 Å². The van der Waals surface area contributed by atoms with Gasteiger partial charge in [-0.2, -0.15) is 0 Å². The summed E-state index contributed by atoms with van der Waals surface area (Å²) in [6.45, 7) is 0. The van der Waals surface area contributed by atoms with E-state index in [2.05, 4.69) is 31.9 Å². The second kappa shape index (κ2) is 5.29. The van der Waals surface area contributed by atoms with E-state index in [-0.39, 0.29) is 11.9 Å². The molecule has 2 aromatic rings. The highest BCUT2D eigenvalue weighted by molar-refractivity contribution is 9.11. The van der Waals surface area contributed by atoms with Gasteiger partial charge in [0.15, 0.2) is 0 Å². The Morgan fingerprint density at radius 1 is 1.00 bits per heavy atom. The van der Waals surface area contributed by atoms with Crippen molar-refractivity contribution in [1.82, 2.24) is 0 Å². The summed E-state index contributed by atoms with van der Waals surface area (Å²) < 4.78 is 14.7. The van der Waals surface area contributed by atoms with Gasteiger partial charge in [0.2, 0.25) is 0 Å². The van der Waals surface area contributed by atoms with E-state index in [1.165, 1.54) is 12.1 Å². The number of rotatable bonds is 2. The maximum atomic E-state index is 12.8. The van der Waals surface area contributed by atoms with Crippen LogP contribution in [0.15, 0.2) is 51.4 Å². The van der Waals surface area contributed by atoms with E-state index in [9.17, 15) is 4.39 Å². The first kappa shape index (κ1) is 12.7. The molecule has 1 nitrogen and oxygen atoms in total. The minimum absolute atomic E-state index is 0.255. The molecular formula is C13H10Br2FN. The van der Waals surface area contributed by atoms with E-state index in [4.69, 9.17) is 5.73 Å². The third-order valence-electron chi connectivity index (χ3n) is 2.52. The van der Waals surface area contributed by atoms with Crippen molar-refractivity contribution in [3.05, 3.63) is 68.4 Å². The Morgan fingerprint density at radius 3 is 2.29 bits per heavy atom. The first-order valence-electron chi connectivity index (χ1n) is 5.04. The van der Waals surface area contributed by atoms with Crippen molar-refractivity contribution in [3.8, 4) is 0 Å². The number of halogens is 3. The molecule has 0 fully saturated rings. The van der Waals surface area contributed by atoms with Crippen LogP contribution in [-0.2, 0) is 0 Å². The monoisotopic (exact) mass is 357 g/mol. The predicted molar refractivity (Wildman–Crippen MR) is 74.3 cm³/mol. The van der Waals surface area contributed by atoms with E-state index in [0.29, 0.717) is 0 Å². The van der Waals surface area contributed by atoms with Gasteiger partial charge in [0.25, 0.3) is 0 Å². The molecule has 88 valence electrons. The molecule has 17 heavy (non-hydrogen) atoms. The van der Waals surface area contributed by atoms with E-state index < -0.39 is 0 Å². The van der Waals surface area contributed by atoms with Gasteiger partial charge in [0.1, 0.15) is 5.82 Å². The van der Waals surface area contributed by atoms with Gasteiger partial charge in [0.05, 0.1) is 6.04 Å². The fraction of sp³-hybridized carbons (Fsp3) is 0.0769. The van der Waals surface area contributed by atoms with E-state index >= 15 is 0 Å². The van der Waals surface area contributed by atoms with E-state index in [1.807, 2.05) is 18.2 Å². The molecular weight excluding hydrogens is 349 g/mol. The summed E-state index contributed by atoms with van der Waals surface area (Å²) in [7, 11) is 0. The minimum atomic E-state index is -0.275. The lowest BCUT2D eigenvalue weighted by atomic mass is 10.00. The first-order chi connectivity index (χ1) is 8.08. The number of benzene rings is 2. The summed E-state index contributed by atoms with van der Waals surface area (Å²) in [5.74, 6) is -0.255. The fourth-order valence-electron chi connectivity index (χ4n) is 1.60. The summed E-state index contributed by atoms with van der Waals surface area (Å²) in [5, 5.41) is 0. The van der Waals surface area contributed by atoms with Crippen molar-refractivity contribution in [2.24, 2.45) is 5.73 Å². The highest BCUT2D eigenvalue weighted by Gasteiger charge is 2.12. The largest absolute Gasteiger partial charge is 0.320 e. The zero-order valence-corrected chi connectivity index (χ0v) is 12.0. The molecule has 0 amide bonds. The Morgan fingerprint density at radius 2 is 1.65 bits per heavy atom. The van der Waals surface area contributed by atoms with Crippen molar-refractivity contribution < 1.29 is 4.39 Å². The van der Waals surface area contributed by atoms with Crippen LogP contribution in [0.5, 0.6) is 0 Å². The molecule has 0 saturated carbocycles. The van der Waals surface area contributed by atoms with Gasteiger partial charge in [-0.3, -0.25) is 0 Å². The van der Waals surface area contributed by atoms with Crippen molar-refractivity contribution >= 4 is 31.9 Å². The van der Waals surface area contributed by atoms with Crippen LogP contribution in [0.1, 0.15) is 17.2 Å². The van der Waals surface area contributed by atoms with E-state index in [1.54, 1.807) is 12.1 Å². The molecule has 4 heteroatoms. The zero-order valence-electron chi connectivity index (χ0n) is 8.83. The predicted octanol–water partition coefficient (Wildman–Crippen LogP) is 4.40. The molecule has 0 radical (unpaired) electrons. The van der Waals surface area contributed by atoms with Gasteiger partial charge in [-0.25, -0.2) is 4.39 Å². The second-order valence-corrected chi connectivity index (χ2v) is 5.47. The summed E-state index contributed by atoms with van der Waals surface area (Å²) in [5.41, 5.74) is 8.01. The molecule has 2 aromatic carbocycles. The molecule has 0 aliphatic rings. The lowest BCUT2D eigenvalue weighted by molar-refractivity contribution is 0.626. The van der Waals surface area contributed by atoms with Gasteiger partial charge in [-0.05, 0) is 41.5 Å². The number of hydrogen-bond acceptors (Lipinski definition) is 1. The molecule has 0 aliphatic heterocycles. The molecule has 0 bridgehead atoms. The van der Waals surface area contributed by atoms with Gasteiger partial charge >= 0.3 is 0 Å². The lowest BCUT2D eigenvalue weighted by Gasteiger charge is -2.14. The van der Waals surface area contributed by atoms with Crippen molar-refractivity contribution in [2.75, 3.05) is 0 Å². The zero-order chi connectivity index (χ0) is 12.4. The highest BCUT2D eigenvalue weighted by Crippen LogP contribution is 2.29. The van der Waals surface area contributed by atoms with Gasteiger partial charge in [-0.1, -0.05) is 44.0 Å². The molecule has 0 spiro atoms. The molecule has 0 aromatic heterocycles. The Labute approximate surface area is 116 Å². The van der Waals surface area contributed by atoms with Gasteiger partial charge < -0.3 is 5.73 Å². The molecule has 1 unspecified atom stereocenters. The standard InChI is InChI=1S/C13H10Br2FN/c14-9-3-6-12(15)11(7-9)13(17)8-1-4-10(16)5-2-8/h1-7,13H,17H2. The number of nitrogens with two attached hydrogens (primary N) is 1. The van der Waals surface area contributed by atoms with Crippen LogP contribution >= 0.6 is 31.9 Å². The van der Waals surface area contributed by atoms with E-state index in [0.717, 1.165) is 20.1 Å². The van der Waals surface area contributed by atoms with Crippen molar-refractivity contribution in [2.45, 2.75) is 6.04 Å². The molecule has 1 atom stereocenters. The molecule has 2 rings (SSSR count). The SMILES string of the molecule is NC(c1ccc(F)cc1)c1cc(Br)ccc1Br. The maximum Gasteiger partial charge on any atom is 0.123 e. The van der Waals surface area contributed by atoms with Crippen molar-refractivity contribution in [3.63, 3.8) is 0 Å². The quantitative estimate of drug-likeness (QED) is 0.845. The van der Waals surface area contributed by atoms with Gasteiger partial charge in [-0.15, -0.1) is 0 Å². The summed E-state index contributed by atoms with van der Waals surface area (Å²) in [6.07, 6.45) is 0. The Hall–Kier alpha value is -0.710. The van der Waals surface area contributed by atoms with Crippen LogP contribution in [-0.4, -0.2) is 0 Å². The Balaban J connectivity index is 2.39. The fourth-order valence-corrected chi connectivity index (χ4v) is 2.47. The Kier molecular flexibility index (Phi) is 3.97. The maximum absolute atomic E-state index is 12.8. The normalized spacial score (nSPS) is 12.5. The second-order valence-electron chi connectivity index (χ2n) is 3.70. The average molecular weight is 359 g/mol. The minimum Gasteiger partial charge on any atom is -0.320 e. The van der Waals surface area contributed by atoms with Crippen LogP contribution in [0, 0.1) is 5.82 Å². The highest BCUT2D eigenvalue weighted by atomic mass is 79.9. The average Bonchev–Trinajstić information content (AvgIpc) is 2.32. The van der Waals surface area contributed by atoms with Crippen LogP contribution in [0.25, 0.3) is 0 Å². The molecule has 0 saturated heterocycles. The number of hydrogen-bond donors (Lipinski definition) is 1. The van der Waals surface area contributed by atoms with Gasteiger partial charge in [0, 0.05) is 8.95 Å². The third kappa shape index (κ3) is 2.94. The first-order valence-corrected chi connectivity index (χ1v) is 6.62. The van der Waals surface area contributed by atoms with Crippen LogP contribution in [0.2, 0.25) is 0 Å². The Bertz CT molecular complexity index is 525. The molecule has 0 heterocycles. The third-order valence-corrected chi connectivity index (χ3v) is 3.74. The van der Waals surface area contributed by atoms with Crippen LogP contribution in [0.3, 0.4) is 0 Å². The summed E-state index contributed by atoms with van der Waals surface area (Å²) in [4.78, 5) is 0. The summed E-state index contributed by atoms with van der Waals surface area (Å²) in [6, 6.07) is 11.8. The smallest absolute Gasteiger partial charge is 0.123 e. The summed E-state index contributed by atoms with van der Waals surface area (Å²) >= 11 is 6.88. The van der Waals surface area contributed by atoms with Crippen LogP contribution < -0.4 is 5.73 Å². The molecule has 2 N–H and O–H groups in total.